The number of carbonyl (C=O) groups excluding carboxylic acids is 2. The molecule has 0 spiro atoms. The molecule has 4 heteroatoms. The highest BCUT2D eigenvalue weighted by molar-refractivity contribution is 5.85. The van der Waals surface area contributed by atoms with Crippen molar-refractivity contribution in [2.45, 2.75) is 85.0 Å². The molecule has 174 valence electrons. The SMILES string of the molecule is CC1CC(C2CC(C)C3CCCC3C2)CCC1C(=O)N1CCN(C(=O)C2(C)CC2)CC1. The molecule has 31 heavy (non-hydrogen) atoms. The zero-order valence-electron chi connectivity index (χ0n) is 20.2. The molecule has 0 bridgehead atoms. The van der Waals surface area contributed by atoms with Crippen LogP contribution in [0.15, 0.2) is 0 Å². The first-order chi connectivity index (χ1) is 14.9. The summed E-state index contributed by atoms with van der Waals surface area (Å²) in [6, 6.07) is 0. The molecule has 0 N–H and O–H groups in total. The van der Waals surface area contributed by atoms with Gasteiger partial charge < -0.3 is 9.80 Å². The van der Waals surface area contributed by atoms with E-state index in [1.807, 2.05) is 4.90 Å². The van der Waals surface area contributed by atoms with Crippen LogP contribution in [0.4, 0.5) is 0 Å². The van der Waals surface area contributed by atoms with Crippen molar-refractivity contribution < 1.29 is 9.59 Å². The maximum absolute atomic E-state index is 13.4. The third kappa shape index (κ3) is 4.17. The van der Waals surface area contributed by atoms with Gasteiger partial charge in [0.1, 0.15) is 0 Å². The highest BCUT2D eigenvalue weighted by Gasteiger charge is 2.48. The molecular formula is C27H44N2O2. The highest BCUT2D eigenvalue weighted by atomic mass is 16.2. The molecule has 5 rings (SSSR count). The van der Waals surface area contributed by atoms with Crippen molar-refractivity contribution in [3.63, 3.8) is 0 Å². The summed E-state index contributed by atoms with van der Waals surface area (Å²) in [6.07, 6.45) is 13.0. The maximum Gasteiger partial charge on any atom is 0.228 e. The lowest BCUT2D eigenvalue weighted by atomic mass is 9.61. The van der Waals surface area contributed by atoms with Crippen LogP contribution in [0.3, 0.4) is 0 Å². The lowest BCUT2D eigenvalue weighted by Gasteiger charge is -2.45. The van der Waals surface area contributed by atoms with Crippen LogP contribution in [0.2, 0.25) is 0 Å². The Labute approximate surface area is 189 Å². The highest BCUT2D eigenvalue weighted by Crippen LogP contribution is 2.52. The zero-order valence-corrected chi connectivity index (χ0v) is 20.2. The van der Waals surface area contributed by atoms with E-state index in [4.69, 9.17) is 0 Å². The second-order valence-electron chi connectivity index (χ2n) is 12.4. The van der Waals surface area contributed by atoms with E-state index in [9.17, 15) is 9.59 Å². The number of nitrogens with zero attached hydrogens (tertiary/aromatic N) is 2. The van der Waals surface area contributed by atoms with Crippen molar-refractivity contribution in [2.24, 2.45) is 46.8 Å². The summed E-state index contributed by atoms with van der Waals surface area (Å²) in [4.78, 5) is 30.1. The number of rotatable bonds is 3. The second-order valence-corrected chi connectivity index (χ2v) is 12.4. The standard InChI is InChI=1S/C27H44N2O2/c1-18-16-22(17-21-5-4-6-23(18)21)20-7-8-24(19(2)15-20)25(30)28-11-13-29(14-12-28)26(31)27(3)9-10-27/h18-24H,4-17H2,1-3H3. The molecule has 1 heterocycles. The summed E-state index contributed by atoms with van der Waals surface area (Å²) in [7, 11) is 0. The average Bonchev–Trinajstić information content (AvgIpc) is 3.33. The van der Waals surface area contributed by atoms with Crippen LogP contribution in [0.5, 0.6) is 0 Å². The number of piperazine rings is 1. The van der Waals surface area contributed by atoms with E-state index < -0.39 is 0 Å². The fraction of sp³-hybridized carbons (Fsp3) is 0.926. The Hall–Kier alpha value is -1.06. The van der Waals surface area contributed by atoms with Crippen LogP contribution in [0, 0.1) is 46.8 Å². The summed E-state index contributed by atoms with van der Waals surface area (Å²) >= 11 is 0. The predicted octanol–water partition coefficient (Wildman–Crippen LogP) is 4.97. The molecule has 0 aromatic carbocycles. The summed E-state index contributed by atoms with van der Waals surface area (Å²) in [5, 5.41) is 0. The normalized spacial score (nSPS) is 42.2. The van der Waals surface area contributed by atoms with Crippen molar-refractivity contribution in [3.8, 4) is 0 Å². The molecule has 5 aliphatic rings. The van der Waals surface area contributed by atoms with Crippen LogP contribution < -0.4 is 0 Å². The third-order valence-electron chi connectivity index (χ3n) is 10.3. The number of hydrogen-bond donors (Lipinski definition) is 0. The Balaban J connectivity index is 1.12. The van der Waals surface area contributed by atoms with Crippen LogP contribution in [-0.2, 0) is 9.59 Å². The first-order valence-corrected chi connectivity index (χ1v) is 13.4. The number of amides is 2. The Morgan fingerprint density at radius 1 is 0.742 bits per heavy atom. The van der Waals surface area contributed by atoms with Crippen LogP contribution in [0.25, 0.3) is 0 Å². The van der Waals surface area contributed by atoms with Gasteiger partial charge in [-0.05, 0) is 86.9 Å². The van der Waals surface area contributed by atoms with Crippen molar-refractivity contribution in [1.82, 2.24) is 9.80 Å². The van der Waals surface area contributed by atoms with Crippen molar-refractivity contribution >= 4 is 11.8 Å². The molecule has 4 aliphatic carbocycles. The van der Waals surface area contributed by atoms with E-state index in [1.54, 1.807) is 0 Å². The van der Waals surface area contributed by atoms with Gasteiger partial charge in [0.25, 0.3) is 0 Å². The topological polar surface area (TPSA) is 40.6 Å². The van der Waals surface area contributed by atoms with E-state index in [0.717, 1.165) is 75.0 Å². The molecule has 0 aromatic rings. The van der Waals surface area contributed by atoms with E-state index in [1.165, 1.54) is 44.9 Å². The van der Waals surface area contributed by atoms with E-state index >= 15 is 0 Å². The number of fused-ring (bicyclic) bond motifs is 1. The first-order valence-electron chi connectivity index (χ1n) is 13.4. The lowest BCUT2D eigenvalue weighted by Crippen LogP contribution is -2.54. The fourth-order valence-electron chi connectivity index (χ4n) is 8.01. The van der Waals surface area contributed by atoms with Crippen LogP contribution in [-0.4, -0.2) is 47.8 Å². The number of carbonyl (C=O) groups is 2. The molecule has 4 saturated carbocycles. The van der Waals surface area contributed by atoms with Crippen molar-refractivity contribution in [1.29, 1.82) is 0 Å². The summed E-state index contributed by atoms with van der Waals surface area (Å²) in [5.41, 5.74) is -0.0891. The van der Waals surface area contributed by atoms with Crippen LogP contribution >= 0.6 is 0 Å². The molecule has 0 aromatic heterocycles. The summed E-state index contributed by atoms with van der Waals surface area (Å²) < 4.78 is 0. The Morgan fingerprint density at radius 3 is 2.10 bits per heavy atom. The van der Waals surface area contributed by atoms with E-state index in [-0.39, 0.29) is 11.3 Å². The monoisotopic (exact) mass is 428 g/mol. The molecule has 7 unspecified atom stereocenters. The van der Waals surface area contributed by atoms with Gasteiger partial charge in [0.05, 0.1) is 0 Å². The Kier molecular flexibility index (Phi) is 5.88. The minimum atomic E-state index is -0.0891. The van der Waals surface area contributed by atoms with E-state index in [2.05, 4.69) is 25.7 Å². The number of hydrogen-bond acceptors (Lipinski definition) is 2. The zero-order chi connectivity index (χ0) is 21.8. The van der Waals surface area contributed by atoms with Crippen molar-refractivity contribution in [3.05, 3.63) is 0 Å². The third-order valence-corrected chi connectivity index (χ3v) is 10.3. The van der Waals surface area contributed by atoms with Gasteiger partial charge in [0.2, 0.25) is 11.8 Å². The quantitative estimate of drug-likeness (QED) is 0.637. The lowest BCUT2D eigenvalue weighted by molar-refractivity contribution is -0.146. The maximum atomic E-state index is 13.4. The first kappa shape index (κ1) is 21.8. The van der Waals surface area contributed by atoms with Gasteiger partial charge in [-0.15, -0.1) is 0 Å². The Bertz CT molecular complexity index is 693. The molecular weight excluding hydrogens is 384 g/mol. The van der Waals surface area contributed by atoms with Crippen LogP contribution in [0.1, 0.15) is 85.0 Å². The molecule has 5 fully saturated rings. The van der Waals surface area contributed by atoms with Gasteiger partial charge in [0.15, 0.2) is 0 Å². The molecule has 4 nitrogen and oxygen atoms in total. The van der Waals surface area contributed by atoms with E-state index in [0.29, 0.717) is 17.7 Å². The van der Waals surface area contributed by atoms with Gasteiger partial charge in [-0.3, -0.25) is 9.59 Å². The average molecular weight is 429 g/mol. The predicted molar refractivity (Wildman–Crippen MR) is 123 cm³/mol. The molecule has 1 aliphatic heterocycles. The van der Waals surface area contributed by atoms with Crippen molar-refractivity contribution in [2.75, 3.05) is 26.2 Å². The summed E-state index contributed by atoms with van der Waals surface area (Å²) in [6.45, 7) is 9.87. The Morgan fingerprint density at radius 2 is 1.42 bits per heavy atom. The van der Waals surface area contributed by atoms with Gasteiger partial charge in [0, 0.05) is 37.5 Å². The van der Waals surface area contributed by atoms with Gasteiger partial charge >= 0.3 is 0 Å². The smallest absolute Gasteiger partial charge is 0.228 e. The molecule has 1 saturated heterocycles. The van der Waals surface area contributed by atoms with Gasteiger partial charge in [-0.1, -0.05) is 33.6 Å². The second kappa shape index (κ2) is 8.37. The molecule has 2 amide bonds. The van der Waals surface area contributed by atoms with Gasteiger partial charge in [-0.25, -0.2) is 0 Å². The summed E-state index contributed by atoms with van der Waals surface area (Å²) in [5.74, 6) is 6.09. The minimum Gasteiger partial charge on any atom is -0.339 e. The molecule has 7 atom stereocenters. The minimum absolute atomic E-state index is 0.0891. The molecule has 0 radical (unpaired) electrons. The van der Waals surface area contributed by atoms with Gasteiger partial charge in [-0.2, -0.15) is 0 Å². The fourth-order valence-corrected chi connectivity index (χ4v) is 8.01. The largest absolute Gasteiger partial charge is 0.339 e.